The Kier molecular flexibility index (Phi) is 2.48. The van der Waals surface area contributed by atoms with Crippen molar-refractivity contribution < 1.29 is 4.74 Å². The lowest BCUT2D eigenvalue weighted by Gasteiger charge is -2.05. The molecular formula is C12H12N2O2. The summed E-state index contributed by atoms with van der Waals surface area (Å²) in [6.07, 6.45) is 0. The largest absolute Gasteiger partial charge is 0.497 e. The molecule has 0 aliphatic heterocycles. The fraction of sp³-hybridized carbons (Fsp3) is 0.167. The second-order valence-corrected chi connectivity index (χ2v) is 3.59. The molecule has 16 heavy (non-hydrogen) atoms. The third kappa shape index (κ3) is 1.58. The lowest BCUT2D eigenvalue weighted by molar-refractivity contribution is 0.415. The Balaban J connectivity index is 2.86. The van der Waals surface area contributed by atoms with Gasteiger partial charge in [0.05, 0.1) is 18.2 Å². The normalized spacial score (nSPS) is 10.4. The average molecular weight is 216 g/mol. The Morgan fingerprint density at radius 2 is 2.19 bits per heavy atom. The van der Waals surface area contributed by atoms with Gasteiger partial charge in [0.1, 0.15) is 5.75 Å². The Morgan fingerprint density at radius 3 is 2.81 bits per heavy atom. The van der Waals surface area contributed by atoms with E-state index in [1.807, 2.05) is 13.0 Å². The molecule has 0 spiro atoms. The quantitative estimate of drug-likeness (QED) is 0.834. The highest BCUT2D eigenvalue weighted by molar-refractivity contribution is 5.91. The highest BCUT2D eigenvalue weighted by atomic mass is 16.5. The van der Waals surface area contributed by atoms with Crippen molar-refractivity contribution in [1.82, 2.24) is 10.2 Å². The van der Waals surface area contributed by atoms with E-state index in [1.54, 1.807) is 19.2 Å². The summed E-state index contributed by atoms with van der Waals surface area (Å²) in [7, 11) is 1.57. The maximum Gasteiger partial charge on any atom is 0.272 e. The number of H-pyrrole nitrogens is 1. The number of hydrogen-bond donors (Lipinski definition) is 1. The molecule has 1 N–H and O–H groups in total. The predicted octanol–water partition coefficient (Wildman–Crippen LogP) is 1.96. The number of aromatic amines is 1. The molecule has 0 saturated carbocycles. The molecule has 0 unspecified atom stereocenters. The number of aromatic nitrogens is 2. The molecule has 4 heteroatoms. The highest BCUT2D eigenvalue weighted by Crippen LogP contribution is 2.22. The van der Waals surface area contributed by atoms with Gasteiger partial charge in [0, 0.05) is 5.39 Å². The number of fused-ring (bicyclic) bond motifs is 1. The van der Waals surface area contributed by atoms with E-state index in [2.05, 4.69) is 16.8 Å². The molecular weight excluding hydrogens is 204 g/mol. The number of allylic oxidation sites excluding steroid dienone is 1. The van der Waals surface area contributed by atoms with E-state index in [0.29, 0.717) is 16.8 Å². The fourth-order valence-electron chi connectivity index (χ4n) is 1.60. The Morgan fingerprint density at radius 1 is 1.44 bits per heavy atom. The van der Waals surface area contributed by atoms with Crippen molar-refractivity contribution >= 4 is 16.3 Å². The first-order valence-electron chi connectivity index (χ1n) is 4.86. The topological polar surface area (TPSA) is 55.0 Å². The Hall–Kier alpha value is -2.10. The van der Waals surface area contributed by atoms with Crippen molar-refractivity contribution in [3.8, 4) is 5.75 Å². The van der Waals surface area contributed by atoms with Crippen LogP contribution in [0.15, 0.2) is 29.6 Å². The molecule has 1 aromatic carbocycles. The highest BCUT2D eigenvalue weighted by Gasteiger charge is 2.07. The third-order valence-electron chi connectivity index (χ3n) is 2.40. The number of nitrogens with zero attached hydrogens (tertiary/aromatic N) is 1. The van der Waals surface area contributed by atoms with Crippen molar-refractivity contribution in [3.63, 3.8) is 0 Å². The van der Waals surface area contributed by atoms with Crippen LogP contribution in [0.25, 0.3) is 16.3 Å². The van der Waals surface area contributed by atoms with Gasteiger partial charge in [0.25, 0.3) is 5.56 Å². The molecule has 0 bridgehead atoms. The van der Waals surface area contributed by atoms with Crippen LogP contribution in [0.3, 0.4) is 0 Å². The van der Waals surface area contributed by atoms with Crippen LogP contribution in [-0.2, 0) is 0 Å². The van der Waals surface area contributed by atoms with E-state index in [0.717, 1.165) is 11.0 Å². The molecule has 0 atom stereocenters. The molecule has 1 heterocycles. The van der Waals surface area contributed by atoms with Crippen molar-refractivity contribution in [2.24, 2.45) is 0 Å². The summed E-state index contributed by atoms with van der Waals surface area (Å²) in [5, 5.41) is 7.79. The molecule has 2 aromatic rings. The summed E-state index contributed by atoms with van der Waals surface area (Å²) in [6, 6.07) is 5.32. The van der Waals surface area contributed by atoms with Crippen LogP contribution in [-0.4, -0.2) is 17.3 Å². The number of methoxy groups -OCH3 is 1. The fourth-order valence-corrected chi connectivity index (χ4v) is 1.60. The number of benzene rings is 1. The standard InChI is InChI=1S/C12H12N2O2/c1-7(2)11-9-5-4-8(16-3)6-10(9)12(15)14-13-11/h4-6H,1H2,2-3H3,(H,14,15). The number of rotatable bonds is 2. The zero-order valence-electron chi connectivity index (χ0n) is 9.20. The van der Waals surface area contributed by atoms with Gasteiger partial charge in [0.2, 0.25) is 0 Å². The van der Waals surface area contributed by atoms with Gasteiger partial charge in [-0.25, -0.2) is 5.10 Å². The van der Waals surface area contributed by atoms with Crippen LogP contribution in [0.4, 0.5) is 0 Å². The van der Waals surface area contributed by atoms with E-state index in [4.69, 9.17) is 4.74 Å². The number of nitrogens with one attached hydrogen (secondary N) is 1. The van der Waals surface area contributed by atoms with Crippen LogP contribution in [0.1, 0.15) is 12.6 Å². The second kappa shape index (κ2) is 3.81. The lowest BCUT2D eigenvalue weighted by Crippen LogP contribution is -2.10. The maximum atomic E-state index is 11.6. The van der Waals surface area contributed by atoms with Gasteiger partial charge >= 0.3 is 0 Å². The van der Waals surface area contributed by atoms with E-state index in [9.17, 15) is 4.79 Å². The van der Waals surface area contributed by atoms with Crippen molar-refractivity contribution in [3.05, 3.63) is 40.8 Å². The average Bonchev–Trinajstić information content (AvgIpc) is 2.29. The van der Waals surface area contributed by atoms with Crippen LogP contribution in [0, 0.1) is 0 Å². The van der Waals surface area contributed by atoms with E-state index in [1.165, 1.54) is 0 Å². The first-order chi connectivity index (χ1) is 7.63. The summed E-state index contributed by atoms with van der Waals surface area (Å²) in [4.78, 5) is 11.6. The van der Waals surface area contributed by atoms with Gasteiger partial charge in [-0.15, -0.1) is 0 Å². The van der Waals surface area contributed by atoms with Crippen molar-refractivity contribution in [2.75, 3.05) is 7.11 Å². The van der Waals surface area contributed by atoms with Crippen LogP contribution in [0.5, 0.6) is 5.75 Å². The molecule has 4 nitrogen and oxygen atoms in total. The van der Waals surface area contributed by atoms with Gasteiger partial charge < -0.3 is 4.74 Å². The molecule has 0 fully saturated rings. The molecule has 82 valence electrons. The minimum atomic E-state index is -0.223. The Bertz CT molecular complexity index is 614. The molecule has 0 saturated heterocycles. The molecule has 0 radical (unpaired) electrons. The summed E-state index contributed by atoms with van der Waals surface area (Å²) in [6.45, 7) is 5.68. The van der Waals surface area contributed by atoms with Crippen LogP contribution >= 0.6 is 0 Å². The first-order valence-corrected chi connectivity index (χ1v) is 4.86. The molecule has 2 rings (SSSR count). The minimum Gasteiger partial charge on any atom is -0.497 e. The molecule has 1 aromatic heterocycles. The van der Waals surface area contributed by atoms with Crippen LogP contribution < -0.4 is 10.3 Å². The lowest BCUT2D eigenvalue weighted by atomic mass is 10.1. The van der Waals surface area contributed by atoms with Crippen molar-refractivity contribution in [1.29, 1.82) is 0 Å². The van der Waals surface area contributed by atoms with Gasteiger partial charge in [0.15, 0.2) is 0 Å². The van der Waals surface area contributed by atoms with E-state index < -0.39 is 0 Å². The zero-order chi connectivity index (χ0) is 11.7. The van der Waals surface area contributed by atoms with Crippen LogP contribution in [0.2, 0.25) is 0 Å². The van der Waals surface area contributed by atoms with Gasteiger partial charge in [-0.05, 0) is 30.7 Å². The first kappa shape index (κ1) is 10.4. The molecule has 0 amide bonds. The van der Waals surface area contributed by atoms with E-state index in [-0.39, 0.29) is 5.56 Å². The van der Waals surface area contributed by atoms with Gasteiger partial charge in [-0.3, -0.25) is 4.79 Å². The zero-order valence-corrected chi connectivity index (χ0v) is 9.20. The Labute approximate surface area is 92.6 Å². The summed E-state index contributed by atoms with van der Waals surface area (Å²) in [5.41, 5.74) is 1.29. The summed E-state index contributed by atoms with van der Waals surface area (Å²) >= 11 is 0. The van der Waals surface area contributed by atoms with Gasteiger partial charge in [-0.2, -0.15) is 5.10 Å². The smallest absolute Gasteiger partial charge is 0.272 e. The summed E-state index contributed by atoms with van der Waals surface area (Å²) < 4.78 is 5.08. The third-order valence-corrected chi connectivity index (χ3v) is 2.40. The SMILES string of the molecule is C=C(C)c1n[nH]c(=O)c2cc(OC)ccc12. The maximum absolute atomic E-state index is 11.6. The predicted molar refractivity (Wildman–Crippen MR) is 63.6 cm³/mol. The number of hydrogen-bond acceptors (Lipinski definition) is 3. The minimum absolute atomic E-state index is 0.223. The number of ether oxygens (including phenoxy) is 1. The van der Waals surface area contributed by atoms with E-state index >= 15 is 0 Å². The monoisotopic (exact) mass is 216 g/mol. The summed E-state index contributed by atoms with van der Waals surface area (Å²) in [5.74, 6) is 0.650. The molecule has 0 aliphatic carbocycles. The van der Waals surface area contributed by atoms with Gasteiger partial charge in [-0.1, -0.05) is 6.58 Å². The molecule has 0 aliphatic rings. The second-order valence-electron chi connectivity index (χ2n) is 3.59. The van der Waals surface area contributed by atoms with Crippen molar-refractivity contribution in [2.45, 2.75) is 6.92 Å².